The maximum absolute atomic E-state index is 12.4. The molecule has 0 aromatic heterocycles. The minimum atomic E-state index is -3.62. The number of rotatable bonds is 8. The fourth-order valence-electron chi connectivity index (χ4n) is 2.87. The molecular weight excluding hydrogens is 460 g/mol. The van der Waals surface area contributed by atoms with Crippen molar-refractivity contribution in [3.8, 4) is 5.75 Å². The van der Waals surface area contributed by atoms with Crippen molar-refractivity contribution in [3.63, 3.8) is 0 Å². The Morgan fingerprint density at radius 1 is 1.24 bits per heavy atom. The Morgan fingerprint density at radius 2 is 2.00 bits per heavy atom. The van der Waals surface area contributed by atoms with Crippen molar-refractivity contribution in [2.24, 2.45) is 0 Å². The first kappa shape index (κ1) is 21.8. The van der Waals surface area contributed by atoms with Gasteiger partial charge in [-0.15, -0.1) is 0 Å². The number of ether oxygens (including phenoxy) is 2. The van der Waals surface area contributed by atoms with Crippen LogP contribution in [0.3, 0.4) is 0 Å². The van der Waals surface area contributed by atoms with Crippen molar-refractivity contribution in [2.75, 3.05) is 25.1 Å². The Bertz CT molecular complexity index is 957. The van der Waals surface area contributed by atoms with Gasteiger partial charge in [-0.05, 0) is 77.7 Å². The van der Waals surface area contributed by atoms with Gasteiger partial charge in [-0.1, -0.05) is 6.07 Å². The second-order valence-corrected chi connectivity index (χ2v) is 9.40. The Kier molecular flexibility index (Phi) is 7.28. The van der Waals surface area contributed by atoms with Crippen LogP contribution in [0.2, 0.25) is 0 Å². The third-order valence-corrected chi connectivity index (χ3v) is 6.48. The summed E-state index contributed by atoms with van der Waals surface area (Å²) in [7, 11) is -3.62. The molecule has 156 valence electrons. The van der Waals surface area contributed by atoms with Crippen LogP contribution in [0.1, 0.15) is 18.4 Å². The molecule has 1 amide bonds. The van der Waals surface area contributed by atoms with E-state index < -0.39 is 10.0 Å². The lowest BCUT2D eigenvalue weighted by atomic mass is 10.2. The van der Waals surface area contributed by atoms with Gasteiger partial charge < -0.3 is 14.8 Å². The minimum Gasteiger partial charge on any atom is -0.483 e. The number of amides is 1. The zero-order valence-electron chi connectivity index (χ0n) is 16.0. The zero-order chi connectivity index (χ0) is 20.9. The molecular formula is C20H23BrN2O5S. The third-order valence-electron chi connectivity index (χ3n) is 4.42. The van der Waals surface area contributed by atoms with Crippen LogP contribution in [0.5, 0.6) is 5.75 Å². The van der Waals surface area contributed by atoms with Gasteiger partial charge in [0.1, 0.15) is 5.75 Å². The Balaban J connectivity index is 1.51. The maximum atomic E-state index is 12.4. The van der Waals surface area contributed by atoms with E-state index in [0.29, 0.717) is 18.0 Å². The number of anilines is 1. The van der Waals surface area contributed by atoms with E-state index in [1.807, 2.05) is 19.1 Å². The molecule has 0 saturated carbocycles. The summed E-state index contributed by atoms with van der Waals surface area (Å²) in [6, 6.07) is 11.6. The predicted octanol–water partition coefficient (Wildman–Crippen LogP) is 3.23. The quantitative estimate of drug-likeness (QED) is 0.602. The summed E-state index contributed by atoms with van der Waals surface area (Å²) in [4.78, 5) is 12.2. The molecule has 1 heterocycles. The van der Waals surface area contributed by atoms with Crippen LogP contribution >= 0.6 is 15.9 Å². The first-order valence-corrected chi connectivity index (χ1v) is 11.5. The van der Waals surface area contributed by atoms with Crippen LogP contribution in [-0.4, -0.2) is 40.2 Å². The molecule has 1 atom stereocenters. The lowest BCUT2D eigenvalue weighted by Crippen LogP contribution is -2.31. The molecule has 29 heavy (non-hydrogen) atoms. The molecule has 7 nitrogen and oxygen atoms in total. The van der Waals surface area contributed by atoms with Crippen molar-refractivity contribution in [1.29, 1.82) is 0 Å². The molecule has 2 N–H and O–H groups in total. The zero-order valence-corrected chi connectivity index (χ0v) is 18.4. The fraction of sp³-hybridized carbons (Fsp3) is 0.350. The number of benzene rings is 2. The number of hydrogen-bond donors (Lipinski definition) is 2. The molecule has 2 aromatic rings. The number of aryl methyl sites for hydroxylation is 1. The molecule has 0 bridgehead atoms. The van der Waals surface area contributed by atoms with Gasteiger partial charge in [0.15, 0.2) is 6.61 Å². The standard InChI is InChI=1S/C20H23BrN2O5S/c1-14-4-9-19(18(21)11-14)28-13-20(24)23-15-5-7-17(8-6-15)29(25,26)22-12-16-3-2-10-27-16/h4-9,11,16,22H,2-3,10,12-13H2,1H3,(H,23,24). The van der Waals surface area contributed by atoms with E-state index in [0.717, 1.165) is 22.9 Å². The summed E-state index contributed by atoms with van der Waals surface area (Å²) >= 11 is 3.40. The highest BCUT2D eigenvalue weighted by molar-refractivity contribution is 9.10. The Labute approximate surface area is 179 Å². The Hall–Kier alpha value is -1.94. The number of carbonyl (C=O) groups is 1. The average molecular weight is 483 g/mol. The van der Waals surface area contributed by atoms with Crippen molar-refractivity contribution >= 4 is 37.5 Å². The van der Waals surface area contributed by atoms with Crippen LogP contribution < -0.4 is 14.8 Å². The van der Waals surface area contributed by atoms with Crippen molar-refractivity contribution in [2.45, 2.75) is 30.8 Å². The van der Waals surface area contributed by atoms with Gasteiger partial charge in [-0.25, -0.2) is 13.1 Å². The topological polar surface area (TPSA) is 93.7 Å². The lowest BCUT2D eigenvalue weighted by molar-refractivity contribution is -0.118. The van der Waals surface area contributed by atoms with Gasteiger partial charge in [-0.3, -0.25) is 4.79 Å². The van der Waals surface area contributed by atoms with Crippen LogP contribution in [0.15, 0.2) is 51.8 Å². The van der Waals surface area contributed by atoms with Gasteiger partial charge in [0, 0.05) is 18.8 Å². The number of halogens is 1. The van der Waals surface area contributed by atoms with Crippen LogP contribution in [0.25, 0.3) is 0 Å². The molecule has 0 aliphatic carbocycles. The predicted molar refractivity (Wildman–Crippen MR) is 114 cm³/mol. The summed E-state index contributed by atoms with van der Waals surface area (Å²) in [5.74, 6) is 0.231. The molecule has 3 rings (SSSR count). The average Bonchev–Trinajstić information content (AvgIpc) is 3.20. The first-order chi connectivity index (χ1) is 13.8. The van der Waals surface area contributed by atoms with Crippen molar-refractivity contribution < 1.29 is 22.7 Å². The molecule has 9 heteroatoms. The van der Waals surface area contributed by atoms with Gasteiger partial charge in [0.25, 0.3) is 5.91 Å². The summed E-state index contributed by atoms with van der Waals surface area (Å²) in [6.07, 6.45) is 1.73. The van der Waals surface area contributed by atoms with Gasteiger partial charge in [-0.2, -0.15) is 0 Å². The normalized spacial score (nSPS) is 16.6. The number of nitrogens with one attached hydrogen (secondary N) is 2. The second-order valence-electron chi connectivity index (χ2n) is 6.78. The van der Waals surface area contributed by atoms with Crippen LogP contribution in [-0.2, 0) is 19.6 Å². The lowest BCUT2D eigenvalue weighted by Gasteiger charge is -2.12. The highest BCUT2D eigenvalue weighted by atomic mass is 79.9. The van der Waals surface area contributed by atoms with E-state index >= 15 is 0 Å². The first-order valence-electron chi connectivity index (χ1n) is 9.23. The second kappa shape index (κ2) is 9.71. The van der Waals surface area contributed by atoms with E-state index in [2.05, 4.69) is 26.0 Å². The number of sulfonamides is 1. The fourth-order valence-corrected chi connectivity index (χ4v) is 4.55. The molecule has 1 aliphatic heterocycles. The molecule has 2 aromatic carbocycles. The molecule has 1 unspecified atom stereocenters. The Morgan fingerprint density at radius 3 is 2.66 bits per heavy atom. The highest BCUT2D eigenvalue weighted by Crippen LogP contribution is 2.25. The van der Waals surface area contributed by atoms with Gasteiger partial charge in [0.05, 0.1) is 15.5 Å². The highest BCUT2D eigenvalue weighted by Gasteiger charge is 2.20. The summed E-state index contributed by atoms with van der Waals surface area (Å²) in [5, 5.41) is 2.68. The SMILES string of the molecule is Cc1ccc(OCC(=O)Nc2ccc(S(=O)(=O)NCC3CCCO3)cc2)c(Br)c1. The van der Waals surface area contributed by atoms with Gasteiger partial charge >= 0.3 is 0 Å². The smallest absolute Gasteiger partial charge is 0.262 e. The molecule has 0 radical (unpaired) electrons. The van der Waals surface area contributed by atoms with E-state index in [-0.39, 0.29) is 30.1 Å². The minimum absolute atomic E-state index is 0.0723. The summed E-state index contributed by atoms with van der Waals surface area (Å²) in [6.45, 7) is 2.73. The molecule has 0 spiro atoms. The maximum Gasteiger partial charge on any atom is 0.262 e. The summed E-state index contributed by atoms with van der Waals surface area (Å²) in [5.41, 5.74) is 1.56. The van der Waals surface area contributed by atoms with E-state index in [1.165, 1.54) is 12.1 Å². The van der Waals surface area contributed by atoms with E-state index in [1.54, 1.807) is 18.2 Å². The van der Waals surface area contributed by atoms with Crippen molar-refractivity contribution in [1.82, 2.24) is 4.72 Å². The largest absolute Gasteiger partial charge is 0.483 e. The molecule has 1 fully saturated rings. The van der Waals surface area contributed by atoms with E-state index in [9.17, 15) is 13.2 Å². The van der Waals surface area contributed by atoms with Crippen LogP contribution in [0.4, 0.5) is 5.69 Å². The third kappa shape index (κ3) is 6.27. The molecule has 1 saturated heterocycles. The monoisotopic (exact) mass is 482 g/mol. The number of hydrogen-bond acceptors (Lipinski definition) is 5. The van der Waals surface area contributed by atoms with Crippen LogP contribution in [0, 0.1) is 6.92 Å². The molecule has 1 aliphatic rings. The van der Waals surface area contributed by atoms with Gasteiger partial charge in [0.2, 0.25) is 10.0 Å². The summed E-state index contributed by atoms with van der Waals surface area (Å²) < 4.78 is 39.0. The van der Waals surface area contributed by atoms with Crippen molar-refractivity contribution in [3.05, 3.63) is 52.5 Å². The van der Waals surface area contributed by atoms with E-state index in [4.69, 9.17) is 9.47 Å². The number of carbonyl (C=O) groups excluding carboxylic acids is 1.